The number of aliphatic carboxylic acids is 1. The first-order valence-electron chi connectivity index (χ1n) is 5.68. The molecule has 2 rings (SSSR count). The van der Waals surface area contributed by atoms with E-state index in [9.17, 15) is 14.7 Å². The molecule has 1 atom stereocenters. The summed E-state index contributed by atoms with van der Waals surface area (Å²) in [7, 11) is 3.27. The number of thioether (sulfide) groups is 1. The van der Waals surface area contributed by atoms with Gasteiger partial charge in [0, 0.05) is 12.8 Å². The maximum Gasteiger partial charge on any atom is 0.343 e. The molecule has 1 aliphatic carbocycles. The molecule has 1 saturated carbocycles. The van der Waals surface area contributed by atoms with E-state index in [-0.39, 0.29) is 11.6 Å². The lowest BCUT2D eigenvalue weighted by Gasteiger charge is -2.28. The van der Waals surface area contributed by atoms with Crippen LogP contribution in [0.3, 0.4) is 0 Å². The first-order valence-corrected chi connectivity index (χ1v) is 6.66. The molecule has 0 saturated heterocycles. The van der Waals surface area contributed by atoms with Gasteiger partial charge in [-0.25, -0.2) is 9.89 Å². The maximum atomic E-state index is 11.5. The molecule has 0 bridgehead atoms. The molecule has 100 valence electrons. The average molecular weight is 272 g/mol. The van der Waals surface area contributed by atoms with Crippen molar-refractivity contribution in [2.45, 2.75) is 23.5 Å². The monoisotopic (exact) mass is 272 g/mol. The predicted molar refractivity (Wildman–Crippen MR) is 66.7 cm³/mol. The summed E-state index contributed by atoms with van der Waals surface area (Å²) >= 11 is 1.27. The van der Waals surface area contributed by atoms with Crippen molar-refractivity contribution in [1.82, 2.24) is 20.1 Å². The number of carbonyl (C=O) groups is 1. The number of hydrogen-bond acceptors (Lipinski definition) is 5. The van der Waals surface area contributed by atoms with E-state index in [0.29, 0.717) is 10.9 Å². The topological polar surface area (TPSA) is 100 Å². The fraction of sp³-hybridized carbons (Fsp3) is 0.700. The third-order valence-electron chi connectivity index (χ3n) is 3.37. The van der Waals surface area contributed by atoms with E-state index in [1.54, 1.807) is 14.1 Å². The molecule has 0 radical (unpaired) electrons. The summed E-state index contributed by atoms with van der Waals surface area (Å²) in [6.07, 6.45) is 1.85. The van der Waals surface area contributed by atoms with Crippen LogP contribution in [-0.2, 0) is 11.8 Å². The highest BCUT2D eigenvalue weighted by atomic mass is 32.2. The minimum Gasteiger partial charge on any atom is -0.480 e. The molecule has 7 nitrogen and oxygen atoms in total. The Bertz CT molecular complexity index is 507. The van der Waals surface area contributed by atoms with Crippen LogP contribution in [0.4, 0.5) is 0 Å². The van der Waals surface area contributed by atoms with E-state index in [0.717, 1.165) is 12.8 Å². The molecule has 3 N–H and O–H groups in total. The van der Waals surface area contributed by atoms with Crippen LogP contribution in [0.1, 0.15) is 12.8 Å². The van der Waals surface area contributed by atoms with Crippen LogP contribution >= 0.6 is 11.8 Å². The highest BCUT2D eigenvalue weighted by Gasteiger charge is 2.50. The maximum absolute atomic E-state index is 11.5. The van der Waals surface area contributed by atoms with Gasteiger partial charge in [-0.2, -0.15) is 0 Å². The number of likely N-dealkylation sites (N-methyl/N-ethyl adjacent to an activating group) is 1. The molecule has 0 spiro atoms. The van der Waals surface area contributed by atoms with E-state index < -0.39 is 11.5 Å². The number of carboxylic acids is 1. The predicted octanol–water partition coefficient (Wildman–Crippen LogP) is -0.347. The number of rotatable bonds is 6. The molecule has 8 heteroatoms. The van der Waals surface area contributed by atoms with Gasteiger partial charge in [0.15, 0.2) is 5.16 Å². The van der Waals surface area contributed by atoms with Gasteiger partial charge < -0.3 is 10.4 Å². The van der Waals surface area contributed by atoms with E-state index in [4.69, 9.17) is 0 Å². The van der Waals surface area contributed by atoms with Gasteiger partial charge in [-0.15, -0.1) is 5.10 Å². The van der Waals surface area contributed by atoms with Crippen molar-refractivity contribution in [1.29, 1.82) is 0 Å². The second kappa shape index (κ2) is 4.77. The van der Waals surface area contributed by atoms with Crippen molar-refractivity contribution in [2.75, 3.05) is 12.8 Å². The van der Waals surface area contributed by atoms with Crippen LogP contribution in [0.2, 0.25) is 0 Å². The Hall–Kier alpha value is -1.28. The summed E-state index contributed by atoms with van der Waals surface area (Å²) in [5.74, 6) is -0.342. The van der Waals surface area contributed by atoms with Crippen LogP contribution in [-0.4, -0.2) is 44.2 Å². The minimum absolute atomic E-state index is 0.156. The van der Waals surface area contributed by atoms with Crippen molar-refractivity contribution in [3.8, 4) is 0 Å². The number of hydrogen-bond donors (Lipinski definition) is 3. The summed E-state index contributed by atoms with van der Waals surface area (Å²) in [6, 6.07) is 0. The second-order valence-electron chi connectivity index (χ2n) is 4.46. The highest BCUT2D eigenvalue weighted by molar-refractivity contribution is 7.99. The van der Waals surface area contributed by atoms with Crippen molar-refractivity contribution >= 4 is 17.7 Å². The number of nitrogens with zero attached hydrogens (tertiary/aromatic N) is 2. The van der Waals surface area contributed by atoms with Crippen LogP contribution in [0.25, 0.3) is 0 Å². The molecule has 18 heavy (non-hydrogen) atoms. The smallest absolute Gasteiger partial charge is 0.343 e. The van der Waals surface area contributed by atoms with Gasteiger partial charge in [-0.3, -0.25) is 9.36 Å². The molecule has 1 aliphatic rings. The molecule has 0 aromatic carbocycles. The molecule has 1 unspecified atom stereocenters. The van der Waals surface area contributed by atoms with Crippen molar-refractivity contribution < 1.29 is 9.90 Å². The number of aromatic nitrogens is 3. The SMILES string of the molecule is CNC(CSc1n[nH]c(=O)n1C)(C(=O)O)C1CC1. The molecule has 1 heterocycles. The van der Waals surface area contributed by atoms with Gasteiger partial charge in [0.1, 0.15) is 5.54 Å². The summed E-state index contributed by atoms with van der Waals surface area (Å²) < 4.78 is 1.37. The fourth-order valence-electron chi connectivity index (χ4n) is 1.95. The Balaban J connectivity index is 2.13. The zero-order valence-electron chi connectivity index (χ0n) is 10.3. The minimum atomic E-state index is -0.931. The van der Waals surface area contributed by atoms with Gasteiger partial charge in [-0.1, -0.05) is 11.8 Å². The van der Waals surface area contributed by atoms with E-state index in [1.807, 2.05) is 0 Å². The lowest BCUT2D eigenvalue weighted by Crippen LogP contribution is -2.54. The van der Waals surface area contributed by atoms with E-state index in [1.165, 1.54) is 16.3 Å². The molecule has 0 amide bonds. The van der Waals surface area contributed by atoms with Crippen LogP contribution < -0.4 is 11.0 Å². The van der Waals surface area contributed by atoms with E-state index >= 15 is 0 Å². The summed E-state index contributed by atoms with van der Waals surface area (Å²) in [5, 5.41) is 19.0. The third-order valence-corrected chi connectivity index (χ3v) is 4.59. The molecule has 1 aromatic rings. The lowest BCUT2D eigenvalue weighted by molar-refractivity contribution is -0.144. The van der Waals surface area contributed by atoms with Gasteiger partial charge in [0.25, 0.3) is 0 Å². The quantitative estimate of drug-likeness (QED) is 0.612. The standard InChI is InChI=1S/C10H16N4O3S/c1-11-10(7(15)16,6-3-4-6)5-18-9-13-12-8(17)14(9)2/h6,11H,3-5H2,1-2H3,(H,12,17)(H,15,16). The highest BCUT2D eigenvalue weighted by Crippen LogP contribution is 2.42. The lowest BCUT2D eigenvalue weighted by atomic mass is 9.96. The van der Waals surface area contributed by atoms with Crippen LogP contribution in [0, 0.1) is 5.92 Å². The first kappa shape index (κ1) is 13.2. The molecular weight excluding hydrogens is 256 g/mol. The Morgan fingerprint density at radius 1 is 1.72 bits per heavy atom. The summed E-state index contributed by atoms with van der Waals surface area (Å²) in [6.45, 7) is 0. The number of H-pyrrole nitrogens is 1. The average Bonchev–Trinajstić information content (AvgIpc) is 3.12. The zero-order valence-corrected chi connectivity index (χ0v) is 11.1. The number of nitrogens with one attached hydrogen (secondary N) is 2. The van der Waals surface area contributed by atoms with E-state index in [2.05, 4.69) is 15.5 Å². The van der Waals surface area contributed by atoms with Crippen molar-refractivity contribution in [3.05, 3.63) is 10.5 Å². The van der Waals surface area contributed by atoms with Crippen LogP contribution in [0.15, 0.2) is 9.95 Å². The zero-order chi connectivity index (χ0) is 13.3. The molecule has 0 aliphatic heterocycles. The first-order chi connectivity index (χ1) is 8.51. The Morgan fingerprint density at radius 2 is 2.39 bits per heavy atom. The Labute approximate surface area is 108 Å². The fourth-order valence-corrected chi connectivity index (χ4v) is 3.20. The van der Waals surface area contributed by atoms with Gasteiger partial charge in [-0.05, 0) is 25.8 Å². The molecule has 1 fully saturated rings. The van der Waals surface area contributed by atoms with Gasteiger partial charge in [0.2, 0.25) is 0 Å². The molecule has 1 aromatic heterocycles. The van der Waals surface area contributed by atoms with Crippen molar-refractivity contribution in [3.63, 3.8) is 0 Å². The second-order valence-corrected chi connectivity index (χ2v) is 5.40. The number of carboxylic acid groups (broad SMARTS) is 1. The largest absolute Gasteiger partial charge is 0.480 e. The normalized spacial score (nSPS) is 18.6. The van der Waals surface area contributed by atoms with Gasteiger partial charge >= 0.3 is 11.7 Å². The Kier molecular flexibility index (Phi) is 3.49. The van der Waals surface area contributed by atoms with Gasteiger partial charge in [0.05, 0.1) is 0 Å². The van der Waals surface area contributed by atoms with Crippen LogP contribution in [0.5, 0.6) is 0 Å². The Morgan fingerprint density at radius 3 is 2.78 bits per heavy atom. The third kappa shape index (κ3) is 2.17. The number of aromatic amines is 1. The summed E-state index contributed by atoms with van der Waals surface area (Å²) in [5.41, 5.74) is -1.23. The molecular formula is C10H16N4O3S. The van der Waals surface area contributed by atoms with Crippen molar-refractivity contribution in [2.24, 2.45) is 13.0 Å². The summed E-state index contributed by atoms with van der Waals surface area (Å²) in [4.78, 5) is 22.7.